The minimum atomic E-state index is -1.01. The summed E-state index contributed by atoms with van der Waals surface area (Å²) < 4.78 is 0. The molecule has 1 aliphatic carbocycles. The van der Waals surface area contributed by atoms with Crippen LogP contribution in [0.15, 0.2) is 18.2 Å². The molecule has 1 aromatic carbocycles. The van der Waals surface area contributed by atoms with Gasteiger partial charge in [0, 0.05) is 0 Å². The number of carboxylic acid groups (broad SMARTS) is 2. The molecular formula is C14H16O4. The molecule has 0 aromatic heterocycles. The van der Waals surface area contributed by atoms with Gasteiger partial charge in [0.25, 0.3) is 0 Å². The molecule has 18 heavy (non-hydrogen) atoms. The van der Waals surface area contributed by atoms with Crippen LogP contribution >= 0.6 is 0 Å². The average molecular weight is 248 g/mol. The number of aromatic carboxylic acids is 2. The zero-order chi connectivity index (χ0) is 13.1. The molecule has 96 valence electrons. The Labute approximate surface area is 105 Å². The van der Waals surface area contributed by atoms with Gasteiger partial charge in [-0.3, -0.25) is 0 Å². The van der Waals surface area contributed by atoms with Gasteiger partial charge in [0.1, 0.15) is 0 Å². The van der Waals surface area contributed by atoms with Crippen LogP contribution in [0, 0.1) is 5.92 Å². The van der Waals surface area contributed by atoms with E-state index >= 15 is 0 Å². The van der Waals surface area contributed by atoms with Crippen molar-refractivity contribution in [1.82, 2.24) is 0 Å². The Morgan fingerprint density at radius 3 is 2.33 bits per heavy atom. The summed E-state index contributed by atoms with van der Waals surface area (Å²) in [5, 5.41) is 18.1. The van der Waals surface area contributed by atoms with Crippen molar-refractivity contribution in [2.45, 2.75) is 32.1 Å². The van der Waals surface area contributed by atoms with Crippen molar-refractivity contribution >= 4 is 11.9 Å². The molecule has 0 spiro atoms. The minimum absolute atomic E-state index is 0.160. The Bertz CT molecular complexity index is 473. The molecule has 1 saturated carbocycles. The normalized spacial score (nSPS) is 15.8. The Hall–Kier alpha value is -1.84. The maximum atomic E-state index is 11.1. The highest BCUT2D eigenvalue weighted by Crippen LogP contribution is 2.29. The van der Waals surface area contributed by atoms with Crippen LogP contribution in [-0.2, 0) is 6.42 Å². The van der Waals surface area contributed by atoms with Gasteiger partial charge >= 0.3 is 11.9 Å². The van der Waals surface area contributed by atoms with Crippen LogP contribution < -0.4 is 0 Å². The van der Waals surface area contributed by atoms with E-state index in [1.54, 1.807) is 0 Å². The second-order valence-corrected chi connectivity index (χ2v) is 4.84. The molecular weight excluding hydrogens is 232 g/mol. The fraction of sp³-hybridized carbons (Fsp3) is 0.429. The van der Waals surface area contributed by atoms with E-state index in [-0.39, 0.29) is 11.1 Å². The zero-order valence-corrected chi connectivity index (χ0v) is 10.1. The third kappa shape index (κ3) is 2.70. The largest absolute Gasteiger partial charge is 0.478 e. The molecule has 0 heterocycles. The lowest BCUT2D eigenvalue weighted by Gasteiger charge is -2.12. The van der Waals surface area contributed by atoms with Crippen LogP contribution in [-0.4, -0.2) is 22.2 Å². The second-order valence-electron chi connectivity index (χ2n) is 4.84. The molecule has 2 rings (SSSR count). The Balaban J connectivity index is 2.30. The molecule has 0 radical (unpaired) electrons. The molecule has 0 atom stereocenters. The predicted octanol–water partition coefficient (Wildman–Crippen LogP) is 2.82. The van der Waals surface area contributed by atoms with Crippen LogP contribution in [0.4, 0.5) is 0 Å². The SMILES string of the molecule is O=C(O)c1ccc(C(=O)O)c(CC2CCCC2)c1. The van der Waals surface area contributed by atoms with Gasteiger partial charge in [-0.15, -0.1) is 0 Å². The minimum Gasteiger partial charge on any atom is -0.478 e. The smallest absolute Gasteiger partial charge is 0.335 e. The second kappa shape index (κ2) is 5.21. The summed E-state index contributed by atoms with van der Waals surface area (Å²) in [5.41, 5.74) is 1.04. The van der Waals surface area contributed by atoms with E-state index in [4.69, 9.17) is 10.2 Å². The van der Waals surface area contributed by atoms with Gasteiger partial charge in [0.05, 0.1) is 11.1 Å². The third-order valence-corrected chi connectivity index (χ3v) is 3.57. The summed E-state index contributed by atoms with van der Waals surface area (Å²) in [6, 6.07) is 4.25. The van der Waals surface area contributed by atoms with E-state index in [0.29, 0.717) is 17.9 Å². The summed E-state index contributed by atoms with van der Waals surface area (Å²) in [6.45, 7) is 0. The number of rotatable bonds is 4. The molecule has 4 nitrogen and oxygen atoms in total. The van der Waals surface area contributed by atoms with Crippen molar-refractivity contribution < 1.29 is 19.8 Å². The fourth-order valence-electron chi connectivity index (χ4n) is 2.63. The first kappa shape index (κ1) is 12.6. The van der Waals surface area contributed by atoms with E-state index in [9.17, 15) is 9.59 Å². The van der Waals surface area contributed by atoms with E-state index < -0.39 is 11.9 Å². The molecule has 0 saturated heterocycles. The van der Waals surface area contributed by atoms with Gasteiger partial charge in [-0.1, -0.05) is 25.7 Å². The summed E-state index contributed by atoms with van der Waals surface area (Å²) in [6.07, 6.45) is 5.26. The predicted molar refractivity (Wildman–Crippen MR) is 66.0 cm³/mol. The van der Waals surface area contributed by atoms with Crippen molar-refractivity contribution in [3.05, 3.63) is 34.9 Å². The first-order valence-corrected chi connectivity index (χ1v) is 6.17. The first-order valence-electron chi connectivity index (χ1n) is 6.17. The highest BCUT2D eigenvalue weighted by atomic mass is 16.4. The molecule has 0 bridgehead atoms. The van der Waals surface area contributed by atoms with Crippen molar-refractivity contribution in [1.29, 1.82) is 0 Å². The van der Waals surface area contributed by atoms with Gasteiger partial charge in [0.2, 0.25) is 0 Å². The van der Waals surface area contributed by atoms with Crippen molar-refractivity contribution in [2.24, 2.45) is 5.92 Å². The monoisotopic (exact) mass is 248 g/mol. The van der Waals surface area contributed by atoms with Gasteiger partial charge < -0.3 is 10.2 Å². The van der Waals surface area contributed by atoms with Crippen molar-refractivity contribution in [2.75, 3.05) is 0 Å². The lowest BCUT2D eigenvalue weighted by atomic mass is 9.93. The highest BCUT2D eigenvalue weighted by Gasteiger charge is 2.20. The van der Waals surface area contributed by atoms with E-state index in [0.717, 1.165) is 12.8 Å². The first-order chi connectivity index (χ1) is 8.58. The quantitative estimate of drug-likeness (QED) is 0.859. The molecule has 0 amide bonds. The van der Waals surface area contributed by atoms with Gasteiger partial charge in [-0.2, -0.15) is 0 Å². The standard InChI is InChI=1S/C14H16O4/c15-13(16)10-5-6-12(14(17)18)11(8-10)7-9-3-1-2-4-9/h5-6,8-9H,1-4,7H2,(H,15,16)(H,17,18). The molecule has 1 aromatic rings. The molecule has 0 aliphatic heterocycles. The van der Waals surface area contributed by atoms with Crippen LogP contribution in [0.5, 0.6) is 0 Å². The van der Waals surface area contributed by atoms with Crippen LogP contribution in [0.3, 0.4) is 0 Å². The molecule has 4 heteroatoms. The van der Waals surface area contributed by atoms with Gasteiger partial charge in [-0.05, 0) is 36.1 Å². The average Bonchev–Trinajstić information content (AvgIpc) is 2.81. The number of carbonyl (C=O) groups is 2. The molecule has 1 fully saturated rings. The van der Waals surface area contributed by atoms with Gasteiger partial charge in [0.15, 0.2) is 0 Å². The Morgan fingerprint density at radius 1 is 1.11 bits per heavy atom. The third-order valence-electron chi connectivity index (χ3n) is 3.57. The lowest BCUT2D eigenvalue weighted by Crippen LogP contribution is -2.09. The number of hydrogen-bond donors (Lipinski definition) is 2. The molecule has 2 N–H and O–H groups in total. The lowest BCUT2D eigenvalue weighted by molar-refractivity contribution is 0.0680. The topological polar surface area (TPSA) is 74.6 Å². The Morgan fingerprint density at radius 2 is 1.78 bits per heavy atom. The van der Waals surface area contributed by atoms with E-state index in [1.807, 2.05) is 0 Å². The Kier molecular flexibility index (Phi) is 3.65. The number of hydrogen-bond acceptors (Lipinski definition) is 2. The van der Waals surface area contributed by atoms with Crippen LogP contribution in [0.1, 0.15) is 52.0 Å². The highest BCUT2D eigenvalue weighted by molar-refractivity contribution is 5.93. The number of benzene rings is 1. The van der Waals surface area contributed by atoms with Gasteiger partial charge in [-0.25, -0.2) is 9.59 Å². The number of carboxylic acids is 2. The fourth-order valence-corrected chi connectivity index (χ4v) is 2.63. The summed E-state index contributed by atoms with van der Waals surface area (Å²) in [5.74, 6) is -1.51. The van der Waals surface area contributed by atoms with Crippen molar-refractivity contribution in [3.8, 4) is 0 Å². The summed E-state index contributed by atoms with van der Waals surface area (Å²) >= 11 is 0. The van der Waals surface area contributed by atoms with Crippen LogP contribution in [0.2, 0.25) is 0 Å². The molecule has 1 aliphatic rings. The summed E-state index contributed by atoms with van der Waals surface area (Å²) in [4.78, 5) is 22.1. The molecule has 0 unspecified atom stereocenters. The van der Waals surface area contributed by atoms with E-state index in [2.05, 4.69) is 0 Å². The van der Waals surface area contributed by atoms with Crippen LogP contribution in [0.25, 0.3) is 0 Å². The van der Waals surface area contributed by atoms with Crippen molar-refractivity contribution in [3.63, 3.8) is 0 Å². The maximum absolute atomic E-state index is 11.1. The maximum Gasteiger partial charge on any atom is 0.335 e. The zero-order valence-electron chi connectivity index (χ0n) is 10.1. The van der Waals surface area contributed by atoms with E-state index in [1.165, 1.54) is 31.0 Å². The summed E-state index contributed by atoms with van der Waals surface area (Å²) in [7, 11) is 0.